The first-order chi connectivity index (χ1) is 7.24. The lowest BCUT2D eigenvalue weighted by Crippen LogP contribution is -2.08. The van der Waals surface area contributed by atoms with E-state index in [0.29, 0.717) is 18.6 Å². The zero-order valence-electron chi connectivity index (χ0n) is 8.32. The fourth-order valence-electron chi connectivity index (χ4n) is 1.08. The van der Waals surface area contributed by atoms with E-state index in [9.17, 15) is 5.11 Å². The largest absolute Gasteiger partial charge is 0.392 e. The second-order valence-electron chi connectivity index (χ2n) is 3.14. The minimum absolute atomic E-state index is 0.321. The van der Waals surface area contributed by atoms with Crippen LogP contribution in [-0.4, -0.2) is 17.0 Å². The molecule has 0 fully saturated rings. The van der Waals surface area contributed by atoms with Crippen LogP contribution < -0.4 is 0 Å². The topological polar surface area (TPSA) is 20.2 Å². The number of terminal acetylenes is 1. The van der Waals surface area contributed by atoms with Crippen LogP contribution in [0.25, 0.3) is 0 Å². The summed E-state index contributed by atoms with van der Waals surface area (Å²) in [6.07, 6.45) is 6.12. The highest BCUT2D eigenvalue weighted by atomic mass is 79.9. The molecule has 0 aliphatic heterocycles. The predicted molar refractivity (Wildman–Crippen MR) is 68.9 cm³/mol. The van der Waals surface area contributed by atoms with E-state index in [1.54, 1.807) is 11.8 Å². The van der Waals surface area contributed by atoms with Crippen LogP contribution in [0.15, 0.2) is 33.6 Å². The number of rotatable bonds is 5. The number of aliphatic hydroxyl groups is 1. The van der Waals surface area contributed by atoms with Crippen molar-refractivity contribution in [3.63, 3.8) is 0 Å². The first kappa shape index (κ1) is 12.6. The first-order valence-corrected chi connectivity index (χ1v) is 6.50. The molecule has 1 N–H and O–H groups in total. The summed E-state index contributed by atoms with van der Waals surface area (Å²) in [5.74, 6) is 3.21. The van der Waals surface area contributed by atoms with Crippen molar-refractivity contribution < 1.29 is 5.11 Å². The molecule has 0 radical (unpaired) electrons. The Hall–Kier alpha value is -0.430. The molecule has 0 saturated carbocycles. The van der Waals surface area contributed by atoms with E-state index in [1.807, 2.05) is 24.3 Å². The van der Waals surface area contributed by atoms with E-state index in [-0.39, 0.29) is 6.10 Å². The van der Waals surface area contributed by atoms with Crippen LogP contribution in [0.4, 0.5) is 0 Å². The van der Waals surface area contributed by atoms with Gasteiger partial charge in [0.1, 0.15) is 0 Å². The SMILES string of the molecule is C#CCCC(O)CSc1ccccc1Br. The van der Waals surface area contributed by atoms with Gasteiger partial charge in [0.25, 0.3) is 0 Å². The minimum atomic E-state index is -0.321. The van der Waals surface area contributed by atoms with Gasteiger partial charge in [0.05, 0.1) is 6.10 Å². The summed E-state index contributed by atoms with van der Waals surface area (Å²) in [4.78, 5) is 1.15. The summed E-state index contributed by atoms with van der Waals surface area (Å²) in [5, 5.41) is 9.60. The minimum Gasteiger partial charge on any atom is -0.392 e. The molecule has 0 bridgehead atoms. The third-order valence-electron chi connectivity index (χ3n) is 1.89. The highest BCUT2D eigenvalue weighted by Gasteiger charge is 2.05. The molecule has 1 atom stereocenters. The molecule has 0 saturated heterocycles. The van der Waals surface area contributed by atoms with Crippen molar-refractivity contribution in [1.82, 2.24) is 0 Å². The van der Waals surface area contributed by atoms with Gasteiger partial charge in [0.15, 0.2) is 0 Å². The van der Waals surface area contributed by atoms with Crippen molar-refractivity contribution in [2.75, 3.05) is 5.75 Å². The molecule has 0 aliphatic rings. The molecule has 0 spiro atoms. The fraction of sp³-hybridized carbons (Fsp3) is 0.333. The van der Waals surface area contributed by atoms with Gasteiger partial charge in [-0.15, -0.1) is 24.1 Å². The number of hydrogen-bond acceptors (Lipinski definition) is 2. The molecule has 3 heteroatoms. The van der Waals surface area contributed by atoms with Crippen molar-refractivity contribution in [3.8, 4) is 12.3 Å². The summed E-state index contributed by atoms with van der Waals surface area (Å²) in [5.41, 5.74) is 0. The Kier molecular flexibility index (Phi) is 5.85. The highest BCUT2D eigenvalue weighted by Crippen LogP contribution is 2.27. The van der Waals surface area contributed by atoms with Crippen molar-refractivity contribution in [1.29, 1.82) is 0 Å². The van der Waals surface area contributed by atoms with Gasteiger partial charge in [-0.2, -0.15) is 0 Å². The monoisotopic (exact) mass is 284 g/mol. The lowest BCUT2D eigenvalue weighted by molar-refractivity contribution is 0.191. The fourth-order valence-corrected chi connectivity index (χ4v) is 2.63. The summed E-state index contributed by atoms with van der Waals surface area (Å²) < 4.78 is 1.07. The standard InChI is InChI=1S/C12H13BrOS/c1-2-3-6-10(14)9-15-12-8-5-4-7-11(12)13/h1,4-5,7-8,10,14H,3,6,9H2. The lowest BCUT2D eigenvalue weighted by atomic mass is 10.2. The second-order valence-corrected chi connectivity index (χ2v) is 5.05. The van der Waals surface area contributed by atoms with E-state index in [2.05, 4.69) is 21.9 Å². The molecule has 0 amide bonds. The summed E-state index contributed by atoms with van der Waals surface area (Å²) in [6, 6.07) is 7.99. The van der Waals surface area contributed by atoms with Gasteiger partial charge in [-0.05, 0) is 34.5 Å². The number of hydrogen-bond donors (Lipinski definition) is 1. The summed E-state index contributed by atoms with van der Waals surface area (Å²) in [7, 11) is 0. The van der Waals surface area contributed by atoms with Crippen molar-refractivity contribution in [3.05, 3.63) is 28.7 Å². The molecule has 0 aliphatic carbocycles. The normalized spacial score (nSPS) is 12.1. The molecule has 1 unspecified atom stereocenters. The second kappa shape index (κ2) is 6.95. The van der Waals surface area contributed by atoms with E-state index in [0.717, 1.165) is 9.37 Å². The maximum Gasteiger partial charge on any atom is 0.0643 e. The zero-order chi connectivity index (χ0) is 11.1. The number of aliphatic hydroxyl groups excluding tert-OH is 1. The summed E-state index contributed by atoms with van der Waals surface area (Å²) >= 11 is 5.10. The molecule has 0 heterocycles. The van der Waals surface area contributed by atoms with Crippen LogP contribution >= 0.6 is 27.7 Å². The quantitative estimate of drug-likeness (QED) is 0.661. The van der Waals surface area contributed by atoms with Gasteiger partial charge in [-0.3, -0.25) is 0 Å². The van der Waals surface area contributed by atoms with E-state index in [1.165, 1.54) is 0 Å². The maximum absolute atomic E-state index is 9.60. The Balaban J connectivity index is 2.37. The van der Waals surface area contributed by atoms with Crippen LogP contribution in [0.1, 0.15) is 12.8 Å². The maximum atomic E-state index is 9.60. The van der Waals surface area contributed by atoms with Crippen LogP contribution in [0, 0.1) is 12.3 Å². The first-order valence-electron chi connectivity index (χ1n) is 4.73. The molecule has 1 aromatic carbocycles. The molecule has 80 valence electrons. The number of benzene rings is 1. The average molecular weight is 285 g/mol. The number of thioether (sulfide) groups is 1. The van der Waals surface area contributed by atoms with Gasteiger partial charge in [0.2, 0.25) is 0 Å². The molecule has 1 nitrogen and oxygen atoms in total. The third kappa shape index (κ3) is 4.74. The Labute approximate surface area is 103 Å². The Morgan fingerprint density at radius 3 is 2.87 bits per heavy atom. The van der Waals surface area contributed by atoms with E-state index in [4.69, 9.17) is 6.42 Å². The molecular weight excluding hydrogens is 272 g/mol. The van der Waals surface area contributed by atoms with Crippen molar-refractivity contribution in [2.24, 2.45) is 0 Å². The zero-order valence-corrected chi connectivity index (χ0v) is 10.7. The van der Waals surface area contributed by atoms with E-state index >= 15 is 0 Å². The van der Waals surface area contributed by atoms with E-state index < -0.39 is 0 Å². The van der Waals surface area contributed by atoms with Crippen molar-refractivity contribution >= 4 is 27.7 Å². The molecule has 15 heavy (non-hydrogen) atoms. The summed E-state index contributed by atoms with van der Waals surface area (Å²) in [6.45, 7) is 0. The third-order valence-corrected chi connectivity index (χ3v) is 4.06. The number of halogens is 1. The Morgan fingerprint density at radius 2 is 2.20 bits per heavy atom. The van der Waals surface area contributed by atoms with Crippen LogP contribution in [0.2, 0.25) is 0 Å². The Morgan fingerprint density at radius 1 is 1.47 bits per heavy atom. The van der Waals surface area contributed by atoms with Crippen LogP contribution in [0.3, 0.4) is 0 Å². The van der Waals surface area contributed by atoms with Gasteiger partial charge in [0, 0.05) is 21.5 Å². The lowest BCUT2D eigenvalue weighted by Gasteiger charge is -2.09. The predicted octanol–water partition coefficient (Wildman–Crippen LogP) is 3.32. The van der Waals surface area contributed by atoms with Gasteiger partial charge < -0.3 is 5.11 Å². The molecule has 1 aromatic rings. The van der Waals surface area contributed by atoms with Crippen LogP contribution in [-0.2, 0) is 0 Å². The van der Waals surface area contributed by atoms with Gasteiger partial charge in [-0.25, -0.2) is 0 Å². The molecule has 1 rings (SSSR count). The molecular formula is C12H13BrOS. The smallest absolute Gasteiger partial charge is 0.0643 e. The van der Waals surface area contributed by atoms with Crippen LogP contribution in [0.5, 0.6) is 0 Å². The van der Waals surface area contributed by atoms with Crippen molar-refractivity contribution in [2.45, 2.75) is 23.8 Å². The van der Waals surface area contributed by atoms with Gasteiger partial charge >= 0.3 is 0 Å². The highest BCUT2D eigenvalue weighted by molar-refractivity contribution is 9.10. The molecule has 0 aromatic heterocycles. The average Bonchev–Trinajstić information content (AvgIpc) is 2.25. The Bertz CT molecular complexity index is 346. The van der Waals surface area contributed by atoms with Gasteiger partial charge in [-0.1, -0.05) is 12.1 Å².